The second kappa shape index (κ2) is 4.70. The first kappa shape index (κ1) is 11.7. The number of pyridine rings is 1. The van der Waals surface area contributed by atoms with Crippen molar-refractivity contribution in [2.75, 3.05) is 0 Å². The molecule has 0 atom stereocenters. The molecule has 2 heterocycles. The van der Waals surface area contributed by atoms with Crippen LogP contribution in [0.2, 0.25) is 0 Å². The van der Waals surface area contributed by atoms with Gasteiger partial charge in [-0.3, -0.25) is 5.10 Å². The minimum absolute atomic E-state index is 0.376. The van der Waals surface area contributed by atoms with E-state index in [0.717, 1.165) is 22.2 Å². The van der Waals surface area contributed by atoms with Crippen LogP contribution >= 0.6 is 0 Å². The first-order chi connectivity index (χ1) is 9.26. The SMILES string of the molecule is Cc1cc(Oc2nc(CN)cc3ccccc23)n[nH]1. The summed E-state index contributed by atoms with van der Waals surface area (Å²) < 4.78 is 5.75. The van der Waals surface area contributed by atoms with Crippen molar-refractivity contribution in [3.63, 3.8) is 0 Å². The Labute approximate surface area is 110 Å². The standard InChI is InChI=1S/C14H14N4O/c1-9-6-13(18-17-9)19-14-12-5-3-2-4-10(12)7-11(8-15)16-14/h2-7H,8,15H2,1H3,(H,17,18). The van der Waals surface area contributed by atoms with Gasteiger partial charge in [0, 0.05) is 23.7 Å². The Morgan fingerprint density at radius 3 is 2.84 bits per heavy atom. The Bertz CT molecular complexity index is 720. The number of ether oxygens (including phenoxy) is 1. The van der Waals surface area contributed by atoms with Crippen LogP contribution in [0.5, 0.6) is 11.8 Å². The topological polar surface area (TPSA) is 76.8 Å². The van der Waals surface area contributed by atoms with Gasteiger partial charge < -0.3 is 10.5 Å². The molecule has 5 nitrogen and oxygen atoms in total. The highest BCUT2D eigenvalue weighted by Gasteiger charge is 2.09. The minimum Gasteiger partial charge on any atom is -0.418 e. The largest absolute Gasteiger partial charge is 0.418 e. The summed E-state index contributed by atoms with van der Waals surface area (Å²) in [5.74, 6) is 1.04. The molecule has 0 saturated carbocycles. The molecule has 3 rings (SSSR count). The van der Waals surface area contributed by atoms with Gasteiger partial charge in [-0.25, -0.2) is 4.98 Å². The number of rotatable bonds is 3. The molecule has 1 aromatic carbocycles. The number of fused-ring (bicyclic) bond motifs is 1. The number of H-pyrrole nitrogens is 1. The van der Waals surface area contributed by atoms with E-state index >= 15 is 0 Å². The van der Waals surface area contributed by atoms with Crippen LogP contribution in [0, 0.1) is 6.92 Å². The summed E-state index contributed by atoms with van der Waals surface area (Å²) in [5.41, 5.74) is 7.40. The third kappa shape index (κ3) is 2.28. The molecule has 0 aliphatic carbocycles. The Morgan fingerprint density at radius 1 is 1.26 bits per heavy atom. The molecule has 3 N–H and O–H groups in total. The predicted molar refractivity (Wildman–Crippen MR) is 73.0 cm³/mol. The fourth-order valence-corrected chi connectivity index (χ4v) is 1.95. The van der Waals surface area contributed by atoms with Crippen molar-refractivity contribution in [2.24, 2.45) is 5.73 Å². The molecule has 0 radical (unpaired) electrons. The van der Waals surface area contributed by atoms with E-state index in [9.17, 15) is 0 Å². The van der Waals surface area contributed by atoms with E-state index < -0.39 is 0 Å². The summed E-state index contributed by atoms with van der Waals surface area (Å²) >= 11 is 0. The third-order valence-electron chi connectivity index (χ3n) is 2.85. The van der Waals surface area contributed by atoms with E-state index in [2.05, 4.69) is 15.2 Å². The van der Waals surface area contributed by atoms with Crippen LogP contribution in [-0.4, -0.2) is 15.2 Å². The number of benzene rings is 1. The number of nitrogens with one attached hydrogen (secondary N) is 1. The Hall–Kier alpha value is -2.40. The van der Waals surface area contributed by atoms with Gasteiger partial charge >= 0.3 is 0 Å². The van der Waals surface area contributed by atoms with Crippen molar-refractivity contribution in [3.05, 3.63) is 47.8 Å². The number of aromatic amines is 1. The van der Waals surface area contributed by atoms with Crippen molar-refractivity contribution < 1.29 is 4.74 Å². The lowest BCUT2D eigenvalue weighted by molar-refractivity contribution is 0.447. The van der Waals surface area contributed by atoms with Gasteiger partial charge in [-0.2, -0.15) is 0 Å². The molecule has 2 aromatic heterocycles. The van der Waals surface area contributed by atoms with E-state index in [1.807, 2.05) is 43.3 Å². The number of nitrogens with zero attached hydrogens (tertiary/aromatic N) is 2. The zero-order chi connectivity index (χ0) is 13.2. The van der Waals surface area contributed by atoms with Gasteiger partial charge in [0.2, 0.25) is 11.8 Å². The summed E-state index contributed by atoms with van der Waals surface area (Å²) in [6, 6.07) is 11.7. The second-order valence-electron chi connectivity index (χ2n) is 4.34. The normalized spacial score (nSPS) is 10.8. The Morgan fingerprint density at radius 2 is 2.11 bits per heavy atom. The van der Waals surface area contributed by atoms with Gasteiger partial charge in [0.15, 0.2) is 0 Å². The van der Waals surface area contributed by atoms with Gasteiger partial charge in [-0.15, -0.1) is 5.10 Å². The molecule has 0 aliphatic heterocycles. The maximum Gasteiger partial charge on any atom is 0.240 e. The van der Waals surface area contributed by atoms with Crippen LogP contribution in [0.15, 0.2) is 36.4 Å². The molecular formula is C14H14N4O. The van der Waals surface area contributed by atoms with Crippen LogP contribution < -0.4 is 10.5 Å². The maximum absolute atomic E-state index is 5.75. The zero-order valence-electron chi connectivity index (χ0n) is 10.6. The van der Waals surface area contributed by atoms with Gasteiger partial charge in [0.1, 0.15) is 0 Å². The van der Waals surface area contributed by atoms with E-state index in [1.165, 1.54) is 0 Å². The molecule has 19 heavy (non-hydrogen) atoms. The lowest BCUT2D eigenvalue weighted by Gasteiger charge is -2.07. The van der Waals surface area contributed by atoms with Crippen molar-refractivity contribution in [2.45, 2.75) is 13.5 Å². The number of aromatic nitrogens is 3. The fourth-order valence-electron chi connectivity index (χ4n) is 1.95. The molecule has 0 saturated heterocycles. The summed E-state index contributed by atoms with van der Waals surface area (Å²) in [4.78, 5) is 4.42. The van der Waals surface area contributed by atoms with Crippen molar-refractivity contribution in [3.8, 4) is 11.8 Å². The third-order valence-corrected chi connectivity index (χ3v) is 2.85. The quantitative estimate of drug-likeness (QED) is 0.753. The lowest BCUT2D eigenvalue weighted by atomic mass is 10.1. The number of aryl methyl sites for hydroxylation is 1. The second-order valence-corrected chi connectivity index (χ2v) is 4.34. The first-order valence-electron chi connectivity index (χ1n) is 6.05. The summed E-state index contributed by atoms with van der Waals surface area (Å²) in [7, 11) is 0. The van der Waals surface area contributed by atoms with Gasteiger partial charge in [0.25, 0.3) is 0 Å². The minimum atomic E-state index is 0.376. The van der Waals surface area contributed by atoms with Crippen LogP contribution in [-0.2, 0) is 6.54 Å². The zero-order valence-corrected chi connectivity index (χ0v) is 10.6. The highest BCUT2D eigenvalue weighted by molar-refractivity contribution is 5.87. The maximum atomic E-state index is 5.75. The average Bonchev–Trinajstić information content (AvgIpc) is 2.84. The van der Waals surface area contributed by atoms with Crippen LogP contribution in [0.3, 0.4) is 0 Å². The Kier molecular flexibility index (Phi) is 2.89. The number of nitrogens with two attached hydrogens (primary N) is 1. The van der Waals surface area contributed by atoms with Crippen molar-refractivity contribution in [1.82, 2.24) is 15.2 Å². The monoisotopic (exact) mass is 254 g/mol. The summed E-state index contributed by atoms with van der Waals surface area (Å²) in [5, 5.41) is 8.89. The van der Waals surface area contributed by atoms with Crippen molar-refractivity contribution >= 4 is 10.8 Å². The molecule has 0 amide bonds. The van der Waals surface area contributed by atoms with Gasteiger partial charge in [-0.1, -0.05) is 18.2 Å². The highest BCUT2D eigenvalue weighted by Crippen LogP contribution is 2.28. The van der Waals surface area contributed by atoms with Crippen LogP contribution in [0.4, 0.5) is 0 Å². The molecule has 0 spiro atoms. The van der Waals surface area contributed by atoms with E-state index in [1.54, 1.807) is 0 Å². The van der Waals surface area contributed by atoms with E-state index in [-0.39, 0.29) is 0 Å². The molecule has 96 valence electrons. The van der Waals surface area contributed by atoms with Crippen molar-refractivity contribution in [1.29, 1.82) is 0 Å². The molecule has 0 unspecified atom stereocenters. The number of hydrogen-bond acceptors (Lipinski definition) is 4. The molecule has 3 aromatic rings. The van der Waals surface area contributed by atoms with Gasteiger partial charge in [-0.05, 0) is 24.4 Å². The van der Waals surface area contributed by atoms with Crippen LogP contribution in [0.25, 0.3) is 10.8 Å². The Balaban J connectivity index is 2.10. The van der Waals surface area contributed by atoms with E-state index in [4.69, 9.17) is 10.5 Å². The summed E-state index contributed by atoms with van der Waals surface area (Å²) in [6.45, 7) is 2.29. The van der Waals surface area contributed by atoms with E-state index in [0.29, 0.717) is 18.3 Å². The average molecular weight is 254 g/mol. The van der Waals surface area contributed by atoms with Gasteiger partial charge in [0.05, 0.1) is 5.69 Å². The fraction of sp³-hybridized carbons (Fsp3) is 0.143. The molecule has 0 aliphatic rings. The first-order valence-corrected chi connectivity index (χ1v) is 6.05. The lowest BCUT2D eigenvalue weighted by Crippen LogP contribution is -2.01. The summed E-state index contributed by atoms with van der Waals surface area (Å²) in [6.07, 6.45) is 0. The smallest absolute Gasteiger partial charge is 0.240 e. The van der Waals surface area contributed by atoms with Crippen LogP contribution in [0.1, 0.15) is 11.4 Å². The molecule has 0 fully saturated rings. The molecular weight excluding hydrogens is 240 g/mol. The predicted octanol–water partition coefficient (Wildman–Crippen LogP) is 2.52. The molecule has 0 bridgehead atoms. The highest BCUT2D eigenvalue weighted by atomic mass is 16.5. The number of hydrogen-bond donors (Lipinski definition) is 2. The molecule has 5 heteroatoms.